The number of nitrogens with zero attached hydrogens (tertiary/aromatic N) is 2. The molecule has 0 spiro atoms. The van der Waals surface area contributed by atoms with Crippen LogP contribution in [0.25, 0.3) is 6.08 Å². The van der Waals surface area contributed by atoms with Crippen LogP contribution in [0.2, 0.25) is 0 Å². The number of piperidine rings is 1. The normalized spacial score (nSPS) is 22.0. The lowest BCUT2D eigenvalue weighted by atomic mass is 9.99. The number of halogens is 1. The molecule has 1 atom stereocenters. The molecule has 3 rings (SSSR count). The summed E-state index contributed by atoms with van der Waals surface area (Å²) in [4.78, 5) is 29.1. The Kier molecular flexibility index (Phi) is 6.65. The summed E-state index contributed by atoms with van der Waals surface area (Å²) >= 11 is 6.46. The van der Waals surface area contributed by atoms with E-state index < -0.39 is 0 Å². The largest absolute Gasteiger partial charge is 0.340 e. The standard InChI is InChI=1S/C20H23FN2O2S2/c1-2-15-8-5-6-11-22(15)18(24)10-12-23-19(25)17(27-20(23)26)13-14-7-3-4-9-16(14)21/h3-4,7,9,13,15H,2,5-6,8,10-12H2,1H3/b17-13+/t15-/m0/s1. The first-order valence-corrected chi connectivity index (χ1v) is 10.5. The second-order valence-electron chi connectivity index (χ2n) is 6.75. The van der Waals surface area contributed by atoms with Crippen molar-refractivity contribution in [3.05, 3.63) is 40.6 Å². The minimum Gasteiger partial charge on any atom is -0.340 e. The monoisotopic (exact) mass is 406 g/mol. The Balaban J connectivity index is 1.64. The molecule has 2 heterocycles. The molecule has 27 heavy (non-hydrogen) atoms. The van der Waals surface area contributed by atoms with Crippen LogP contribution in [0, 0.1) is 5.82 Å². The van der Waals surface area contributed by atoms with Gasteiger partial charge in [-0.2, -0.15) is 0 Å². The number of amides is 2. The Labute approximate surface area is 168 Å². The molecule has 2 fully saturated rings. The van der Waals surface area contributed by atoms with E-state index in [9.17, 15) is 14.0 Å². The van der Waals surface area contributed by atoms with Crippen molar-refractivity contribution in [2.45, 2.75) is 45.1 Å². The highest BCUT2D eigenvalue weighted by atomic mass is 32.2. The lowest BCUT2D eigenvalue weighted by Crippen LogP contribution is -2.44. The molecule has 0 unspecified atom stereocenters. The van der Waals surface area contributed by atoms with Crippen LogP contribution >= 0.6 is 24.0 Å². The van der Waals surface area contributed by atoms with Crippen molar-refractivity contribution >= 4 is 46.2 Å². The number of benzene rings is 1. The Morgan fingerprint density at radius 1 is 1.37 bits per heavy atom. The van der Waals surface area contributed by atoms with Gasteiger partial charge in [0.2, 0.25) is 5.91 Å². The molecular formula is C20H23FN2O2S2. The van der Waals surface area contributed by atoms with Gasteiger partial charge in [-0.15, -0.1) is 0 Å². The molecule has 2 aliphatic heterocycles. The number of likely N-dealkylation sites (tertiary alicyclic amines) is 1. The van der Waals surface area contributed by atoms with Gasteiger partial charge in [-0.05, 0) is 37.8 Å². The maximum atomic E-state index is 13.8. The molecule has 0 bridgehead atoms. The third-order valence-corrected chi connectivity index (χ3v) is 6.41. The van der Waals surface area contributed by atoms with E-state index in [1.165, 1.54) is 17.0 Å². The SMILES string of the molecule is CC[C@H]1CCCCN1C(=O)CCN1C(=O)/C(=C\c2ccccc2F)SC1=S. The van der Waals surface area contributed by atoms with Crippen LogP contribution in [0.4, 0.5) is 4.39 Å². The smallest absolute Gasteiger partial charge is 0.266 e. The third kappa shape index (κ3) is 4.58. The quantitative estimate of drug-likeness (QED) is 0.543. The minimum atomic E-state index is -0.381. The maximum Gasteiger partial charge on any atom is 0.266 e. The number of hydrogen-bond acceptors (Lipinski definition) is 4. The van der Waals surface area contributed by atoms with Crippen molar-refractivity contribution in [3.63, 3.8) is 0 Å². The van der Waals surface area contributed by atoms with Gasteiger partial charge < -0.3 is 4.90 Å². The molecule has 0 N–H and O–H groups in total. The van der Waals surface area contributed by atoms with Crippen LogP contribution in [0.1, 0.15) is 44.6 Å². The highest BCUT2D eigenvalue weighted by Crippen LogP contribution is 2.33. The van der Waals surface area contributed by atoms with Gasteiger partial charge in [0.15, 0.2) is 0 Å². The van der Waals surface area contributed by atoms with Crippen LogP contribution < -0.4 is 0 Å². The van der Waals surface area contributed by atoms with E-state index in [1.54, 1.807) is 18.2 Å². The lowest BCUT2D eigenvalue weighted by Gasteiger charge is -2.35. The fraction of sp³-hybridized carbons (Fsp3) is 0.450. The fourth-order valence-electron chi connectivity index (χ4n) is 3.53. The van der Waals surface area contributed by atoms with Gasteiger partial charge in [0.1, 0.15) is 10.1 Å². The van der Waals surface area contributed by atoms with Crippen molar-refractivity contribution in [2.24, 2.45) is 0 Å². The Morgan fingerprint density at radius 3 is 2.89 bits per heavy atom. The first kappa shape index (κ1) is 20.0. The molecule has 2 saturated heterocycles. The van der Waals surface area contributed by atoms with Crippen molar-refractivity contribution in [3.8, 4) is 0 Å². The van der Waals surface area contributed by atoms with Gasteiger partial charge in [0.05, 0.1) is 4.91 Å². The predicted molar refractivity (Wildman–Crippen MR) is 111 cm³/mol. The maximum absolute atomic E-state index is 13.8. The highest BCUT2D eigenvalue weighted by Gasteiger charge is 2.33. The summed E-state index contributed by atoms with van der Waals surface area (Å²) in [6.45, 7) is 3.17. The van der Waals surface area contributed by atoms with Gasteiger partial charge in [-0.3, -0.25) is 14.5 Å². The molecule has 7 heteroatoms. The summed E-state index contributed by atoms with van der Waals surface area (Å²) in [5, 5.41) is 0. The molecule has 0 aliphatic carbocycles. The van der Waals surface area contributed by atoms with Crippen LogP contribution in [0.5, 0.6) is 0 Å². The van der Waals surface area contributed by atoms with Crippen LogP contribution in [-0.4, -0.2) is 45.1 Å². The van der Waals surface area contributed by atoms with Crippen LogP contribution in [0.15, 0.2) is 29.2 Å². The molecule has 0 aromatic heterocycles. The molecule has 1 aromatic carbocycles. The van der Waals surface area contributed by atoms with Gasteiger partial charge in [-0.25, -0.2) is 4.39 Å². The Morgan fingerprint density at radius 2 is 2.15 bits per heavy atom. The number of thioether (sulfide) groups is 1. The molecule has 1 aromatic rings. The summed E-state index contributed by atoms with van der Waals surface area (Å²) in [5.41, 5.74) is 0.355. The zero-order chi connectivity index (χ0) is 19.4. The predicted octanol–water partition coefficient (Wildman–Crippen LogP) is 4.21. The lowest BCUT2D eigenvalue weighted by molar-refractivity contribution is -0.135. The van der Waals surface area contributed by atoms with E-state index in [2.05, 4.69) is 6.92 Å². The van der Waals surface area contributed by atoms with Crippen molar-refractivity contribution in [2.75, 3.05) is 13.1 Å². The Bertz CT molecular complexity index is 781. The Hall–Kier alpha value is -1.73. The molecule has 2 aliphatic rings. The summed E-state index contributed by atoms with van der Waals surface area (Å²) in [7, 11) is 0. The van der Waals surface area contributed by atoms with E-state index in [0.29, 0.717) is 20.8 Å². The summed E-state index contributed by atoms with van der Waals surface area (Å²) < 4.78 is 14.3. The van der Waals surface area contributed by atoms with E-state index in [0.717, 1.165) is 44.0 Å². The summed E-state index contributed by atoms with van der Waals surface area (Å²) in [6.07, 6.45) is 5.99. The minimum absolute atomic E-state index is 0.0775. The summed E-state index contributed by atoms with van der Waals surface area (Å²) in [5.74, 6) is -0.561. The van der Waals surface area contributed by atoms with Gasteiger partial charge >= 0.3 is 0 Å². The second-order valence-corrected chi connectivity index (χ2v) is 8.43. The molecule has 2 amide bonds. The first-order chi connectivity index (χ1) is 13.0. The average molecular weight is 407 g/mol. The van der Waals surface area contributed by atoms with Crippen molar-refractivity contribution < 1.29 is 14.0 Å². The van der Waals surface area contributed by atoms with Gasteiger partial charge in [0.25, 0.3) is 5.91 Å². The van der Waals surface area contributed by atoms with Crippen LogP contribution in [0.3, 0.4) is 0 Å². The molecule has 144 valence electrons. The van der Waals surface area contributed by atoms with E-state index in [4.69, 9.17) is 12.2 Å². The van der Waals surface area contributed by atoms with Gasteiger partial charge in [-0.1, -0.05) is 49.1 Å². The molecule has 0 radical (unpaired) electrons. The molecule has 0 saturated carbocycles. The number of rotatable bonds is 5. The first-order valence-electron chi connectivity index (χ1n) is 9.30. The number of hydrogen-bond donors (Lipinski definition) is 0. The molecular weight excluding hydrogens is 383 g/mol. The van der Waals surface area contributed by atoms with E-state index in [-0.39, 0.29) is 30.6 Å². The zero-order valence-corrected chi connectivity index (χ0v) is 17.0. The highest BCUT2D eigenvalue weighted by molar-refractivity contribution is 8.26. The number of thiocarbonyl (C=S) groups is 1. The topological polar surface area (TPSA) is 40.6 Å². The van der Waals surface area contributed by atoms with Gasteiger partial charge in [0, 0.05) is 31.1 Å². The molecule has 4 nitrogen and oxygen atoms in total. The summed E-state index contributed by atoms with van der Waals surface area (Å²) in [6, 6.07) is 6.60. The second kappa shape index (κ2) is 8.97. The van der Waals surface area contributed by atoms with Crippen molar-refractivity contribution in [1.82, 2.24) is 9.80 Å². The van der Waals surface area contributed by atoms with Crippen molar-refractivity contribution in [1.29, 1.82) is 0 Å². The zero-order valence-electron chi connectivity index (χ0n) is 15.3. The van der Waals surface area contributed by atoms with E-state index in [1.807, 2.05) is 4.90 Å². The van der Waals surface area contributed by atoms with Crippen LogP contribution in [-0.2, 0) is 9.59 Å². The number of carbonyl (C=O) groups excluding carboxylic acids is 2. The fourth-order valence-corrected chi connectivity index (χ4v) is 4.83. The average Bonchev–Trinajstić information content (AvgIpc) is 2.94. The third-order valence-electron chi connectivity index (χ3n) is 5.03. The van der Waals surface area contributed by atoms with E-state index >= 15 is 0 Å². The number of carbonyl (C=O) groups is 2.